The minimum absolute atomic E-state index is 0.0443. The van der Waals surface area contributed by atoms with Crippen LogP contribution in [0.4, 0.5) is 16.2 Å². The second kappa shape index (κ2) is 7.66. The zero-order valence-corrected chi connectivity index (χ0v) is 15.5. The SMILES string of the molecule is CN(CC1CCCN1C(=O)Nc1cccc2cccnc12)c1ccccc1. The minimum atomic E-state index is -0.0443. The van der Waals surface area contributed by atoms with E-state index in [0.29, 0.717) is 0 Å². The van der Waals surface area contributed by atoms with Gasteiger partial charge in [0.05, 0.1) is 17.2 Å². The zero-order chi connectivity index (χ0) is 18.6. The topological polar surface area (TPSA) is 48.5 Å². The number of likely N-dealkylation sites (tertiary alicyclic amines) is 1. The first-order valence-corrected chi connectivity index (χ1v) is 9.40. The molecular weight excluding hydrogens is 336 g/mol. The average Bonchev–Trinajstić information content (AvgIpc) is 3.17. The van der Waals surface area contributed by atoms with Crippen LogP contribution in [0.1, 0.15) is 12.8 Å². The van der Waals surface area contributed by atoms with Gasteiger partial charge < -0.3 is 15.1 Å². The summed E-state index contributed by atoms with van der Waals surface area (Å²) in [7, 11) is 2.08. The second-order valence-corrected chi connectivity index (χ2v) is 7.02. The van der Waals surface area contributed by atoms with Gasteiger partial charge in [-0.15, -0.1) is 0 Å². The van der Waals surface area contributed by atoms with Gasteiger partial charge in [0.25, 0.3) is 0 Å². The second-order valence-electron chi connectivity index (χ2n) is 7.02. The van der Waals surface area contributed by atoms with E-state index in [-0.39, 0.29) is 12.1 Å². The number of likely N-dealkylation sites (N-methyl/N-ethyl adjacent to an activating group) is 1. The predicted molar refractivity (Wildman–Crippen MR) is 110 cm³/mol. The Balaban J connectivity index is 1.47. The van der Waals surface area contributed by atoms with Crippen molar-refractivity contribution in [3.05, 3.63) is 66.9 Å². The number of hydrogen-bond acceptors (Lipinski definition) is 3. The van der Waals surface area contributed by atoms with Gasteiger partial charge in [0.2, 0.25) is 0 Å². The van der Waals surface area contributed by atoms with Gasteiger partial charge in [-0.05, 0) is 37.1 Å². The zero-order valence-electron chi connectivity index (χ0n) is 15.5. The summed E-state index contributed by atoms with van der Waals surface area (Å²) in [5.41, 5.74) is 2.76. The van der Waals surface area contributed by atoms with Crippen molar-refractivity contribution in [3.8, 4) is 0 Å². The van der Waals surface area contributed by atoms with Crippen molar-refractivity contribution in [1.29, 1.82) is 0 Å². The van der Waals surface area contributed by atoms with E-state index in [1.54, 1.807) is 6.20 Å². The van der Waals surface area contributed by atoms with E-state index in [1.807, 2.05) is 53.4 Å². The molecule has 2 aromatic carbocycles. The molecule has 138 valence electrons. The van der Waals surface area contributed by atoms with Crippen molar-refractivity contribution in [2.45, 2.75) is 18.9 Å². The molecule has 0 bridgehead atoms. The largest absolute Gasteiger partial charge is 0.373 e. The Hall–Kier alpha value is -3.08. The first-order valence-electron chi connectivity index (χ1n) is 9.40. The summed E-state index contributed by atoms with van der Waals surface area (Å²) in [5, 5.41) is 4.10. The van der Waals surface area contributed by atoms with Crippen LogP contribution in [-0.2, 0) is 0 Å². The molecule has 1 aliphatic heterocycles. The maximum Gasteiger partial charge on any atom is 0.322 e. The van der Waals surface area contributed by atoms with Crippen molar-refractivity contribution in [2.75, 3.05) is 30.4 Å². The third-order valence-electron chi connectivity index (χ3n) is 5.19. The molecule has 1 fully saturated rings. The lowest BCUT2D eigenvalue weighted by atomic mass is 10.2. The van der Waals surface area contributed by atoms with E-state index in [4.69, 9.17) is 0 Å². The summed E-state index contributed by atoms with van der Waals surface area (Å²) in [6, 6.07) is 20.2. The molecule has 1 aromatic heterocycles. The van der Waals surface area contributed by atoms with E-state index < -0.39 is 0 Å². The molecule has 4 rings (SSSR count). The lowest BCUT2D eigenvalue weighted by Crippen LogP contribution is -2.44. The number of carbonyl (C=O) groups excluding carboxylic acids is 1. The highest BCUT2D eigenvalue weighted by Crippen LogP contribution is 2.24. The van der Waals surface area contributed by atoms with Crippen LogP contribution in [-0.4, -0.2) is 42.1 Å². The summed E-state index contributed by atoms with van der Waals surface area (Å²) in [4.78, 5) is 21.6. The van der Waals surface area contributed by atoms with Crippen molar-refractivity contribution in [3.63, 3.8) is 0 Å². The van der Waals surface area contributed by atoms with Gasteiger partial charge in [-0.3, -0.25) is 4.98 Å². The normalized spacial score (nSPS) is 16.5. The number of urea groups is 1. The molecule has 0 aliphatic carbocycles. The van der Waals surface area contributed by atoms with Gasteiger partial charge in [-0.1, -0.05) is 36.4 Å². The number of carbonyl (C=O) groups is 1. The number of anilines is 2. The minimum Gasteiger partial charge on any atom is -0.373 e. The predicted octanol–water partition coefficient (Wildman–Crippen LogP) is 4.37. The first kappa shape index (κ1) is 17.3. The van der Waals surface area contributed by atoms with E-state index >= 15 is 0 Å². The van der Waals surface area contributed by atoms with Gasteiger partial charge >= 0.3 is 6.03 Å². The number of hydrogen-bond donors (Lipinski definition) is 1. The fourth-order valence-electron chi connectivity index (χ4n) is 3.79. The van der Waals surface area contributed by atoms with Crippen molar-refractivity contribution >= 4 is 28.3 Å². The lowest BCUT2D eigenvalue weighted by molar-refractivity contribution is 0.207. The van der Waals surface area contributed by atoms with E-state index in [9.17, 15) is 4.79 Å². The van der Waals surface area contributed by atoms with Crippen molar-refractivity contribution in [2.24, 2.45) is 0 Å². The van der Waals surface area contributed by atoms with Crippen LogP contribution >= 0.6 is 0 Å². The number of rotatable bonds is 4. The number of nitrogens with one attached hydrogen (secondary N) is 1. The highest BCUT2D eigenvalue weighted by Gasteiger charge is 2.30. The summed E-state index contributed by atoms with van der Waals surface area (Å²) in [6.45, 7) is 1.61. The van der Waals surface area contributed by atoms with Crippen molar-refractivity contribution in [1.82, 2.24) is 9.88 Å². The molecule has 0 spiro atoms. The molecule has 0 radical (unpaired) electrons. The van der Waals surface area contributed by atoms with Crippen LogP contribution < -0.4 is 10.2 Å². The standard InChI is InChI=1S/C22H24N4O/c1-25(18-10-3-2-4-11-18)16-19-12-7-15-26(19)22(27)24-20-13-5-8-17-9-6-14-23-21(17)20/h2-6,8-11,13-14,19H,7,12,15-16H2,1H3,(H,24,27). The van der Waals surface area contributed by atoms with Crippen LogP contribution in [0.15, 0.2) is 66.9 Å². The fourth-order valence-corrected chi connectivity index (χ4v) is 3.79. The van der Waals surface area contributed by atoms with Crippen LogP contribution in [0.2, 0.25) is 0 Å². The number of pyridine rings is 1. The molecular formula is C22H24N4O. The van der Waals surface area contributed by atoms with E-state index in [1.165, 1.54) is 5.69 Å². The maximum absolute atomic E-state index is 13.0. The van der Waals surface area contributed by atoms with Gasteiger partial charge in [0.15, 0.2) is 0 Å². The molecule has 27 heavy (non-hydrogen) atoms. The fraction of sp³-hybridized carbons (Fsp3) is 0.273. The molecule has 1 atom stereocenters. The quantitative estimate of drug-likeness (QED) is 0.752. The van der Waals surface area contributed by atoms with Crippen LogP contribution in [0.5, 0.6) is 0 Å². The van der Waals surface area contributed by atoms with Gasteiger partial charge in [0.1, 0.15) is 0 Å². The number of fused-ring (bicyclic) bond motifs is 1. The third-order valence-corrected chi connectivity index (χ3v) is 5.19. The smallest absolute Gasteiger partial charge is 0.322 e. The molecule has 5 nitrogen and oxygen atoms in total. The molecule has 1 unspecified atom stereocenters. The Morgan fingerprint density at radius 3 is 2.81 bits per heavy atom. The Bertz CT molecular complexity index is 923. The van der Waals surface area contributed by atoms with Gasteiger partial charge in [-0.2, -0.15) is 0 Å². The summed E-state index contributed by atoms with van der Waals surface area (Å²) in [6.07, 6.45) is 3.82. The van der Waals surface area contributed by atoms with Crippen LogP contribution in [0.3, 0.4) is 0 Å². The molecule has 5 heteroatoms. The molecule has 2 amide bonds. The number of amides is 2. The Morgan fingerprint density at radius 2 is 1.96 bits per heavy atom. The molecule has 1 aliphatic rings. The third kappa shape index (κ3) is 3.72. The Morgan fingerprint density at radius 1 is 1.15 bits per heavy atom. The molecule has 1 saturated heterocycles. The highest BCUT2D eigenvalue weighted by molar-refractivity contribution is 5.99. The lowest BCUT2D eigenvalue weighted by Gasteiger charge is -2.30. The summed E-state index contributed by atoms with van der Waals surface area (Å²) < 4.78 is 0. The van der Waals surface area contributed by atoms with E-state index in [2.05, 4.69) is 34.4 Å². The monoisotopic (exact) mass is 360 g/mol. The molecule has 2 heterocycles. The molecule has 3 aromatic rings. The molecule has 0 saturated carbocycles. The van der Waals surface area contributed by atoms with Gasteiger partial charge in [0, 0.05) is 37.4 Å². The number of nitrogens with zero attached hydrogens (tertiary/aromatic N) is 3. The Kier molecular flexibility index (Phi) is 4.92. The van der Waals surface area contributed by atoms with Crippen LogP contribution in [0, 0.1) is 0 Å². The molecule has 1 N–H and O–H groups in total. The van der Waals surface area contributed by atoms with Gasteiger partial charge in [-0.25, -0.2) is 4.79 Å². The highest BCUT2D eigenvalue weighted by atomic mass is 16.2. The van der Waals surface area contributed by atoms with Crippen molar-refractivity contribution < 1.29 is 4.79 Å². The summed E-state index contributed by atoms with van der Waals surface area (Å²) >= 11 is 0. The number of para-hydroxylation sites is 2. The summed E-state index contributed by atoms with van der Waals surface area (Å²) in [5.74, 6) is 0. The Labute approximate surface area is 159 Å². The average molecular weight is 360 g/mol. The maximum atomic E-state index is 13.0. The first-order chi connectivity index (χ1) is 13.2. The van der Waals surface area contributed by atoms with E-state index in [0.717, 1.165) is 42.5 Å². The van der Waals surface area contributed by atoms with Crippen LogP contribution in [0.25, 0.3) is 10.9 Å². The number of aromatic nitrogens is 1. The number of benzene rings is 2.